The first kappa shape index (κ1) is 14.2. The fourth-order valence-corrected chi connectivity index (χ4v) is 2.11. The number of nitrogens with zero attached hydrogens (tertiary/aromatic N) is 1. The molecule has 0 saturated heterocycles. The van der Waals surface area contributed by atoms with E-state index in [0.717, 1.165) is 5.56 Å². The molecule has 2 aromatic carbocycles. The molecule has 0 fully saturated rings. The van der Waals surface area contributed by atoms with E-state index in [0.29, 0.717) is 6.54 Å². The lowest BCUT2D eigenvalue weighted by molar-refractivity contribution is -0.384. The lowest BCUT2D eigenvalue weighted by atomic mass is 10.1. The number of nitro benzene ring substituents is 1. The highest BCUT2D eigenvalue weighted by Gasteiger charge is 2.08. The molecule has 0 amide bonds. The van der Waals surface area contributed by atoms with E-state index < -0.39 is 0 Å². The van der Waals surface area contributed by atoms with Gasteiger partial charge in [-0.15, -0.1) is 0 Å². The number of hydrogen-bond donors (Lipinski definition) is 1. The minimum atomic E-state index is -0.368. The molecule has 0 aliphatic rings. The van der Waals surface area contributed by atoms with Crippen LogP contribution in [-0.2, 0) is 6.54 Å². The molecule has 0 saturated carbocycles. The van der Waals surface area contributed by atoms with Gasteiger partial charge in [0.15, 0.2) is 0 Å². The number of nitro groups is 1. The lowest BCUT2D eigenvalue weighted by Gasteiger charge is -2.14. The molecule has 0 radical (unpaired) electrons. The Balaban J connectivity index is 2.01. The number of hydrogen-bond acceptors (Lipinski definition) is 3. The van der Waals surface area contributed by atoms with Crippen molar-refractivity contribution in [1.29, 1.82) is 0 Å². The summed E-state index contributed by atoms with van der Waals surface area (Å²) < 4.78 is 0. The molecular formula is C16H18N2O2. The van der Waals surface area contributed by atoms with E-state index in [9.17, 15) is 10.1 Å². The van der Waals surface area contributed by atoms with E-state index in [1.165, 1.54) is 17.2 Å². The van der Waals surface area contributed by atoms with Crippen LogP contribution in [0.25, 0.3) is 0 Å². The second-order valence-electron chi connectivity index (χ2n) is 4.94. The van der Waals surface area contributed by atoms with Gasteiger partial charge in [-0.05, 0) is 25.0 Å². The summed E-state index contributed by atoms with van der Waals surface area (Å²) in [5.41, 5.74) is 3.49. The van der Waals surface area contributed by atoms with E-state index in [1.807, 2.05) is 12.1 Å². The van der Waals surface area contributed by atoms with Gasteiger partial charge in [0.05, 0.1) is 4.92 Å². The molecular weight excluding hydrogens is 252 g/mol. The van der Waals surface area contributed by atoms with Gasteiger partial charge < -0.3 is 5.32 Å². The molecule has 2 rings (SSSR count). The van der Waals surface area contributed by atoms with Crippen LogP contribution in [0.1, 0.15) is 29.7 Å². The van der Waals surface area contributed by atoms with Crippen LogP contribution in [0.5, 0.6) is 0 Å². The monoisotopic (exact) mass is 270 g/mol. The first-order valence-corrected chi connectivity index (χ1v) is 6.59. The standard InChI is InChI=1S/C16H18N2O2/c1-12-5-3-7-15(9-12)13(2)17-11-14-6-4-8-16(10-14)18(19)20/h3-10,13,17H,11H2,1-2H3/t13-/m0/s1. The number of aryl methyl sites for hydroxylation is 1. The normalized spacial score (nSPS) is 12.1. The first-order valence-electron chi connectivity index (χ1n) is 6.59. The third kappa shape index (κ3) is 3.65. The van der Waals surface area contributed by atoms with Gasteiger partial charge in [-0.3, -0.25) is 10.1 Å². The summed E-state index contributed by atoms with van der Waals surface area (Å²) in [7, 11) is 0. The zero-order chi connectivity index (χ0) is 14.5. The van der Waals surface area contributed by atoms with Crippen LogP contribution in [0.2, 0.25) is 0 Å². The summed E-state index contributed by atoms with van der Waals surface area (Å²) in [6.45, 7) is 4.76. The fourth-order valence-electron chi connectivity index (χ4n) is 2.11. The van der Waals surface area contributed by atoms with Gasteiger partial charge >= 0.3 is 0 Å². The van der Waals surface area contributed by atoms with Crippen LogP contribution >= 0.6 is 0 Å². The molecule has 2 aromatic rings. The van der Waals surface area contributed by atoms with Gasteiger partial charge in [0.25, 0.3) is 5.69 Å². The van der Waals surface area contributed by atoms with Crippen molar-refractivity contribution in [3.05, 3.63) is 75.3 Å². The zero-order valence-corrected chi connectivity index (χ0v) is 11.7. The maximum absolute atomic E-state index is 10.7. The number of benzene rings is 2. The Morgan fingerprint density at radius 1 is 1.20 bits per heavy atom. The van der Waals surface area contributed by atoms with Crippen LogP contribution in [0, 0.1) is 17.0 Å². The summed E-state index contributed by atoms with van der Waals surface area (Å²) in [6, 6.07) is 15.3. The molecule has 4 heteroatoms. The Kier molecular flexibility index (Phi) is 4.48. The summed E-state index contributed by atoms with van der Waals surface area (Å²) in [6.07, 6.45) is 0. The van der Waals surface area contributed by atoms with Crippen molar-refractivity contribution in [2.45, 2.75) is 26.4 Å². The zero-order valence-electron chi connectivity index (χ0n) is 11.7. The highest BCUT2D eigenvalue weighted by Crippen LogP contribution is 2.16. The SMILES string of the molecule is Cc1cccc([C@H](C)NCc2cccc([N+](=O)[O-])c2)c1. The minimum Gasteiger partial charge on any atom is -0.306 e. The van der Waals surface area contributed by atoms with Crippen molar-refractivity contribution in [1.82, 2.24) is 5.32 Å². The first-order chi connectivity index (χ1) is 9.56. The molecule has 1 N–H and O–H groups in total. The van der Waals surface area contributed by atoms with Crippen molar-refractivity contribution < 1.29 is 4.92 Å². The van der Waals surface area contributed by atoms with Crippen molar-refractivity contribution in [3.8, 4) is 0 Å². The summed E-state index contributed by atoms with van der Waals surface area (Å²) in [4.78, 5) is 10.4. The molecule has 0 heterocycles. The van der Waals surface area contributed by atoms with Gasteiger partial charge in [-0.25, -0.2) is 0 Å². The van der Waals surface area contributed by atoms with Crippen molar-refractivity contribution in [2.24, 2.45) is 0 Å². The highest BCUT2D eigenvalue weighted by molar-refractivity contribution is 5.34. The second-order valence-corrected chi connectivity index (χ2v) is 4.94. The Bertz CT molecular complexity index is 611. The van der Waals surface area contributed by atoms with Crippen molar-refractivity contribution in [3.63, 3.8) is 0 Å². The number of nitrogens with one attached hydrogen (secondary N) is 1. The minimum absolute atomic E-state index is 0.132. The molecule has 104 valence electrons. The van der Waals surface area contributed by atoms with E-state index in [4.69, 9.17) is 0 Å². The maximum atomic E-state index is 10.7. The molecule has 1 atom stereocenters. The molecule has 0 aliphatic carbocycles. The summed E-state index contributed by atoms with van der Waals surface area (Å²) in [5.74, 6) is 0. The van der Waals surface area contributed by atoms with E-state index in [1.54, 1.807) is 12.1 Å². The Labute approximate surface area is 118 Å². The topological polar surface area (TPSA) is 55.2 Å². The van der Waals surface area contributed by atoms with Gasteiger partial charge in [0.2, 0.25) is 0 Å². The van der Waals surface area contributed by atoms with Crippen LogP contribution in [-0.4, -0.2) is 4.92 Å². The van der Waals surface area contributed by atoms with Crippen LogP contribution < -0.4 is 5.32 Å². The largest absolute Gasteiger partial charge is 0.306 e. The van der Waals surface area contributed by atoms with Gasteiger partial charge in [0.1, 0.15) is 0 Å². The Morgan fingerprint density at radius 3 is 2.65 bits per heavy atom. The van der Waals surface area contributed by atoms with Crippen molar-refractivity contribution in [2.75, 3.05) is 0 Å². The summed E-state index contributed by atoms with van der Waals surface area (Å²) >= 11 is 0. The van der Waals surface area contributed by atoms with Gasteiger partial charge in [-0.1, -0.05) is 42.0 Å². The molecule has 0 bridgehead atoms. The second kappa shape index (κ2) is 6.30. The van der Waals surface area contributed by atoms with E-state index >= 15 is 0 Å². The highest BCUT2D eigenvalue weighted by atomic mass is 16.6. The molecule has 20 heavy (non-hydrogen) atoms. The third-order valence-corrected chi connectivity index (χ3v) is 3.28. The Morgan fingerprint density at radius 2 is 1.95 bits per heavy atom. The number of rotatable bonds is 5. The molecule has 0 spiro atoms. The average molecular weight is 270 g/mol. The van der Waals surface area contributed by atoms with Gasteiger partial charge in [-0.2, -0.15) is 0 Å². The average Bonchev–Trinajstić information content (AvgIpc) is 2.45. The van der Waals surface area contributed by atoms with Crippen LogP contribution in [0.15, 0.2) is 48.5 Å². The lowest BCUT2D eigenvalue weighted by Crippen LogP contribution is -2.18. The third-order valence-electron chi connectivity index (χ3n) is 3.28. The predicted octanol–water partition coefficient (Wildman–Crippen LogP) is 3.75. The van der Waals surface area contributed by atoms with Crippen LogP contribution in [0.4, 0.5) is 5.69 Å². The fraction of sp³-hybridized carbons (Fsp3) is 0.250. The van der Waals surface area contributed by atoms with E-state index in [2.05, 4.69) is 37.4 Å². The Hall–Kier alpha value is -2.20. The molecule has 0 aliphatic heterocycles. The molecule has 0 unspecified atom stereocenters. The molecule has 0 aromatic heterocycles. The maximum Gasteiger partial charge on any atom is 0.269 e. The van der Waals surface area contributed by atoms with Crippen LogP contribution in [0.3, 0.4) is 0 Å². The molecule has 4 nitrogen and oxygen atoms in total. The predicted molar refractivity (Wildman–Crippen MR) is 79.5 cm³/mol. The van der Waals surface area contributed by atoms with Crippen molar-refractivity contribution >= 4 is 5.69 Å². The smallest absolute Gasteiger partial charge is 0.269 e. The quantitative estimate of drug-likeness (QED) is 0.665. The number of non-ortho nitro benzene ring substituents is 1. The van der Waals surface area contributed by atoms with Gasteiger partial charge in [0, 0.05) is 24.7 Å². The summed E-state index contributed by atoms with van der Waals surface area (Å²) in [5, 5.41) is 14.1. The van der Waals surface area contributed by atoms with E-state index in [-0.39, 0.29) is 16.7 Å².